The second-order valence-electron chi connectivity index (χ2n) is 6.31. The standard InChI is InChI=1S/C18H28N2O2/c1-14-7-8-15(2)18(12-14)22-11-5-10-20-9-4-6-17(13-20)19-16(3)21/h7-8,12,17H,4-6,9-11,13H2,1-3H3,(H,19,21). The van der Waals surface area contributed by atoms with Crippen LogP contribution < -0.4 is 10.1 Å². The molecule has 0 aromatic heterocycles. The molecule has 0 aliphatic carbocycles. The van der Waals surface area contributed by atoms with E-state index in [1.165, 1.54) is 11.1 Å². The minimum absolute atomic E-state index is 0.0742. The summed E-state index contributed by atoms with van der Waals surface area (Å²) in [6, 6.07) is 6.63. The van der Waals surface area contributed by atoms with Gasteiger partial charge in [-0.05, 0) is 56.8 Å². The van der Waals surface area contributed by atoms with Crippen molar-refractivity contribution in [2.75, 3.05) is 26.2 Å². The summed E-state index contributed by atoms with van der Waals surface area (Å²) in [7, 11) is 0. The van der Waals surface area contributed by atoms with Crippen molar-refractivity contribution in [3.05, 3.63) is 29.3 Å². The molecule has 22 heavy (non-hydrogen) atoms. The molecular formula is C18H28N2O2. The summed E-state index contributed by atoms with van der Waals surface area (Å²) in [5, 5.41) is 3.03. The van der Waals surface area contributed by atoms with Gasteiger partial charge in [-0.25, -0.2) is 0 Å². The molecule has 1 aromatic rings. The number of amides is 1. The number of nitrogens with zero attached hydrogens (tertiary/aromatic N) is 1. The van der Waals surface area contributed by atoms with Crippen molar-refractivity contribution in [3.8, 4) is 5.75 Å². The first kappa shape index (κ1) is 16.8. The highest BCUT2D eigenvalue weighted by atomic mass is 16.5. The van der Waals surface area contributed by atoms with Gasteiger partial charge in [0.1, 0.15) is 5.75 Å². The largest absolute Gasteiger partial charge is 0.493 e. The number of rotatable bonds is 6. The van der Waals surface area contributed by atoms with Crippen LogP contribution in [0.1, 0.15) is 37.3 Å². The van der Waals surface area contributed by atoms with E-state index in [1.54, 1.807) is 6.92 Å². The Morgan fingerprint density at radius 3 is 3.00 bits per heavy atom. The molecule has 0 spiro atoms. The van der Waals surface area contributed by atoms with Crippen molar-refractivity contribution >= 4 is 5.91 Å². The number of carbonyl (C=O) groups excluding carboxylic acids is 1. The Labute approximate surface area is 133 Å². The smallest absolute Gasteiger partial charge is 0.217 e. The zero-order valence-corrected chi connectivity index (χ0v) is 14.0. The highest BCUT2D eigenvalue weighted by molar-refractivity contribution is 5.73. The van der Waals surface area contributed by atoms with Gasteiger partial charge in [0.15, 0.2) is 0 Å². The highest BCUT2D eigenvalue weighted by Gasteiger charge is 2.19. The van der Waals surface area contributed by atoms with Gasteiger partial charge in [0, 0.05) is 26.1 Å². The minimum atomic E-state index is 0.0742. The summed E-state index contributed by atoms with van der Waals surface area (Å²) in [5.74, 6) is 1.07. The molecule has 1 fully saturated rings. The maximum absolute atomic E-state index is 11.1. The normalized spacial score (nSPS) is 19.0. The molecule has 4 heteroatoms. The molecule has 0 radical (unpaired) electrons. The third-order valence-electron chi connectivity index (χ3n) is 4.13. The maximum Gasteiger partial charge on any atom is 0.217 e. The van der Waals surface area contributed by atoms with Gasteiger partial charge in [0.25, 0.3) is 0 Å². The summed E-state index contributed by atoms with van der Waals surface area (Å²) in [6.45, 7) is 9.62. The van der Waals surface area contributed by atoms with E-state index < -0.39 is 0 Å². The molecule has 1 unspecified atom stereocenters. The van der Waals surface area contributed by atoms with Gasteiger partial charge in [0.2, 0.25) is 5.91 Å². The Bertz CT molecular complexity index is 502. The van der Waals surface area contributed by atoms with E-state index >= 15 is 0 Å². The molecule has 1 amide bonds. The lowest BCUT2D eigenvalue weighted by molar-refractivity contribution is -0.120. The highest BCUT2D eigenvalue weighted by Crippen LogP contribution is 2.19. The molecule has 1 aliphatic heterocycles. The lowest BCUT2D eigenvalue weighted by atomic mass is 10.1. The van der Waals surface area contributed by atoms with Gasteiger partial charge in [-0.1, -0.05) is 12.1 Å². The van der Waals surface area contributed by atoms with Crippen molar-refractivity contribution in [3.63, 3.8) is 0 Å². The fourth-order valence-electron chi connectivity index (χ4n) is 3.00. The van der Waals surface area contributed by atoms with E-state index in [0.29, 0.717) is 6.04 Å². The van der Waals surface area contributed by atoms with Crippen LogP contribution >= 0.6 is 0 Å². The van der Waals surface area contributed by atoms with Crippen LogP contribution in [0.2, 0.25) is 0 Å². The molecule has 1 aromatic carbocycles. The van der Waals surface area contributed by atoms with E-state index in [9.17, 15) is 4.79 Å². The van der Waals surface area contributed by atoms with Gasteiger partial charge >= 0.3 is 0 Å². The lowest BCUT2D eigenvalue weighted by Crippen LogP contribution is -2.47. The first-order valence-corrected chi connectivity index (χ1v) is 8.24. The lowest BCUT2D eigenvalue weighted by Gasteiger charge is -2.32. The number of benzene rings is 1. The zero-order chi connectivity index (χ0) is 15.9. The predicted octanol–water partition coefficient (Wildman–Crippen LogP) is 2.67. The van der Waals surface area contributed by atoms with Crippen molar-refractivity contribution in [2.45, 2.75) is 46.1 Å². The van der Waals surface area contributed by atoms with Gasteiger partial charge in [-0.3, -0.25) is 4.79 Å². The second kappa shape index (κ2) is 8.18. The molecule has 0 bridgehead atoms. The van der Waals surface area contributed by atoms with Crippen molar-refractivity contribution in [2.24, 2.45) is 0 Å². The van der Waals surface area contributed by atoms with Gasteiger partial charge in [0.05, 0.1) is 6.61 Å². The predicted molar refractivity (Wildman–Crippen MR) is 89.3 cm³/mol. The average Bonchev–Trinajstić information content (AvgIpc) is 2.47. The van der Waals surface area contributed by atoms with Crippen molar-refractivity contribution < 1.29 is 9.53 Å². The monoisotopic (exact) mass is 304 g/mol. The molecule has 2 rings (SSSR count). The van der Waals surface area contributed by atoms with Crippen molar-refractivity contribution in [1.82, 2.24) is 10.2 Å². The number of nitrogens with one attached hydrogen (secondary N) is 1. The van der Waals surface area contributed by atoms with Gasteiger partial charge in [-0.2, -0.15) is 0 Å². The summed E-state index contributed by atoms with van der Waals surface area (Å²) < 4.78 is 5.90. The zero-order valence-electron chi connectivity index (χ0n) is 14.0. The molecule has 1 atom stereocenters. The van der Waals surface area contributed by atoms with Crippen LogP contribution in [0, 0.1) is 13.8 Å². The van der Waals surface area contributed by atoms with Crippen LogP contribution in [-0.2, 0) is 4.79 Å². The molecule has 0 saturated carbocycles. The van der Waals surface area contributed by atoms with E-state index in [-0.39, 0.29) is 5.91 Å². The number of likely N-dealkylation sites (tertiary alicyclic amines) is 1. The maximum atomic E-state index is 11.1. The second-order valence-corrected chi connectivity index (χ2v) is 6.31. The Hall–Kier alpha value is -1.55. The third-order valence-corrected chi connectivity index (χ3v) is 4.13. The van der Waals surface area contributed by atoms with Crippen LogP contribution in [0.15, 0.2) is 18.2 Å². The molecular weight excluding hydrogens is 276 g/mol. The van der Waals surface area contributed by atoms with E-state index in [1.807, 2.05) is 0 Å². The number of hydrogen-bond acceptors (Lipinski definition) is 3. The van der Waals surface area contributed by atoms with E-state index in [4.69, 9.17) is 4.74 Å². The summed E-state index contributed by atoms with van der Waals surface area (Å²) in [5.41, 5.74) is 2.42. The fraction of sp³-hybridized carbons (Fsp3) is 0.611. The number of hydrogen-bond donors (Lipinski definition) is 1. The molecule has 4 nitrogen and oxygen atoms in total. The Morgan fingerprint density at radius 1 is 1.41 bits per heavy atom. The van der Waals surface area contributed by atoms with E-state index in [2.05, 4.69) is 42.3 Å². The average molecular weight is 304 g/mol. The number of carbonyl (C=O) groups is 1. The molecule has 1 heterocycles. The molecule has 1 saturated heterocycles. The van der Waals surface area contributed by atoms with Crippen LogP contribution in [-0.4, -0.2) is 43.1 Å². The van der Waals surface area contributed by atoms with E-state index in [0.717, 1.165) is 51.3 Å². The van der Waals surface area contributed by atoms with Crippen LogP contribution in [0.4, 0.5) is 0 Å². The fourth-order valence-corrected chi connectivity index (χ4v) is 3.00. The number of ether oxygens (including phenoxy) is 1. The Kier molecular flexibility index (Phi) is 6.25. The summed E-state index contributed by atoms with van der Waals surface area (Å²) in [4.78, 5) is 13.6. The molecule has 1 aliphatic rings. The summed E-state index contributed by atoms with van der Waals surface area (Å²) >= 11 is 0. The Morgan fingerprint density at radius 2 is 2.23 bits per heavy atom. The first-order valence-electron chi connectivity index (χ1n) is 8.24. The third kappa shape index (κ3) is 5.34. The van der Waals surface area contributed by atoms with Crippen molar-refractivity contribution in [1.29, 1.82) is 0 Å². The van der Waals surface area contributed by atoms with Crippen LogP contribution in [0.25, 0.3) is 0 Å². The molecule has 1 N–H and O–H groups in total. The van der Waals surface area contributed by atoms with Crippen LogP contribution in [0.3, 0.4) is 0 Å². The Balaban J connectivity index is 1.70. The minimum Gasteiger partial charge on any atom is -0.493 e. The summed E-state index contributed by atoms with van der Waals surface area (Å²) in [6.07, 6.45) is 3.26. The molecule has 122 valence electrons. The van der Waals surface area contributed by atoms with Gasteiger partial charge in [-0.15, -0.1) is 0 Å². The number of piperidine rings is 1. The topological polar surface area (TPSA) is 41.6 Å². The quantitative estimate of drug-likeness (QED) is 0.822. The number of aryl methyl sites for hydroxylation is 2. The van der Waals surface area contributed by atoms with Crippen LogP contribution in [0.5, 0.6) is 5.75 Å². The SMILES string of the molecule is CC(=O)NC1CCCN(CCCOc2cc(C)ccc2C)C1. The van der Waals surface area contributed by atoms with Gasteiger partial charge < -0.3 is 15.0 Å². The first-order chi connectivity index (χ1) is 10.5.